The van der Waals surface area contributed by atoms with Gasteiger partial charge in [-0.3, -0.25) is 9.78 Å². The zero-order valence-corrected chi connectivity index (χ0v) is 13.5. The zero-order chi connectivity index (χ0) is 16.5. The van der Waals surface area contributed by atoms with Crippen LogP contribution in [-0.4, -0.2) is 66.1 Å². The molecule has 0 aromatic carbocycles. The van der Waals surface area contributed by atoms with E-state index in [1.54, 1.807) is 24.2 Å². The van der Waals surface area contributed by atoms with Gasteiger partial charge in [-0.1, -0.05) is 0 Å². The summed E-state index contributed by atoms with van der Waals surface area (Å²) < 4.78 is 4.97. The molecule has 7 nitrogen and oxygen atoms in total. The highest BCUT2D eigenvalue weighted by molar-refractivity contribution is 5.77. The minimum Gasteiger partial charge on any atom is -0.450 e. The second kappa shape index (κ2) is 9.09. The molecular formula is C16H24N4O3. The van der Waals surface area contributed by atoms with E-state index in [-0.39, 0.29) is 12.0 Å². The summed E-state index contributed by atoms with van der Waals surface area (Å²) in [6.45, 7) is 5.75. The summed E-state index contributed by atoms with van der Waals surface area (Å²) in [5.41, 5.74) is 1.15. The van der Waals surface area contributed by atoms with Crippen LogP contribution >= 0.6 is 0 Å². The smallest absolute Gasteiger partial charge is 0.409 e. The first kappa shape index (κ1) is 17.2. The van der Waals surface area contributed by atoms with Gasteiger partial charge in [0.15, 0.2) is 0 Å². The van der Waals surface area contributed by atoms with Gasteiger partial charge in [-0.05, 0) is 24.6 Å². The standard InChI is InChI=1S/C16H24N4O3/c1-2-23-16(22)20-11-9-19(10-12-20)15(21)5-8-18-13-14-3-6-17-7-4-14/h3-4,6-7,18H,2,5,8-13H2,1H3. The molecule has 1 aromatic heterocycles. The molecule has 1 saturated heterocycles. The number of aromatic nitrogens is 1. The molecule has 1 aliphatic rings. The predicted molar refractivity (Wildman–Crippen MR) is 85.7 cm³/mol. The van der Waals surface area contributed by atoms with Crippen LogP contribution in [0, 0.1) is 0 Å². The van der Waals surface area contributed by atoms with E-state index in [1.807, 2.05) is 17.0 Å². The lowest BCUT2D eigenvalue weighted by molar-refractivity contribution is -0.132. The second-order valence-electron chi connectivity index (χ2n) is 5.35. The van der Waals surface area contributed by atoms with E-state index in [9.17, 15) is 9.59 Å². The molecule has 2 rings (SSSR count). The van der Waals surface area contributed by atoms with Gasteiger partial charge in [-0.25, -0.2) is 4.79 Å². The number of hydrogen-bond donors (Lipinski definition) is 1. The number of pyridine rings is 1. The molecule has 0 aliphatic carbocycles. The molecule has 1 fully saturated rings. The molecule has 126 valence electrons. The molecule has 23 heavy (non-hydrogen) atoms. The Kier molecular flexibility index (Phi) is 6.80. The van der Waals surface area contributed by atoms with Crippen LogP contribution in [0.4, 0.5) is 4.79 Å². The van der Waals surface area contributed by atoms with E-state index in [1.165, 1.54) is 0 Å². The SMILES string of the molecule is CCOC(=O)N1CCN(C(=O)CCNCc2ccncc2)CC1. The van der Waals surface area contributed by atoms with Crippen molar-refractivity contribution in [3.63, 3.8) is 0 Å². The molecule has 0 atom stereocenters. The van der Waals surface area contributed by atoms with Gasteiger partial charge in [-0.15, -0.1) is 0 Å². The van der Waals surface area contributed by atoms with Crippen molar-refractivity contribution in [3.8, 4) is 0 Å². The highest BCUT2D eigenvalue weighted by Crippen LogP contribution is 2.05. The molecule has 0 saturated carbocycles. The van der Waals surface area contributed by atoms with Gasteiger partial charge in [0.1, 0.15) is 0 Å². The number of carbonyl (C=O) groups excluding carboxylic acids is 2. The van der Waals surface area contributed by atoms with Crippen molar-refractivity contribution in [2.24, 2.45) is 0 Å². The third-order valence-corrected chi connectivity index (χ3v) is 3.75. The Labute approximate surface area is 136 Å². The summed E-state index contributed by atoms with van der Waals surface area (Å²) in [5.74, 6) is 0.121. The quantitative estimate of drug-likeness (QED) is 0.787. The fourth-order valence-electron chi connectivity index (χ4n) is 2.44. The van der Waals surface area contributed by atoms with Gasteiger partial charge in [0.05, 0.1) is 6.61 Å². The van der Waals surface area contributed by atoms with E-state index in [2.05, 4.69) is 10.3 Å². The number of nitrogens with one attached hydrogen (secondary N) is 1. The number of amides is 2. The van der Waals surface area contributed by atoms with Gasteiger partial charge in [0.2, 0.25) is 5.91 Å². The minimum atomic E-state index is -0.293. The largest absolute Gasteiger partial charge is 0.450 e. The van der Waals surface area contributed by atoms with Crippen molar-refractivity contribution in [1.82, 2.24) is 20.1 Å². The molecule has 7 heteroatoms. The topological polar surface area (TPSA) is 74.8 Å². The van der Waals surface area contributed by atoms with Crippen LogP contribution in [0.15, 0.2) is 24.5 Å². The predicted octanol–water partition coefficient (Wildman–Crippen LogP) is 0.862. The third kappa shape index (κ3) is 5.52. The Bertz CT molecular complexity index is 501. The summed E-state index contributed by atoms with van der Waals surface area (Å²) >= 11 is 0. The minimum absolute atomic E-state index is 0.121. The van der Waals surface area contributed by atoms with Gasteiger partial charge >= 0.3 is 6.09 Å². The highest BCUT2D eigenvalue weighted by atomic mass is 16.6. The summed E-state index contributed by atoms with van der Waals surface area (Å²) in [6.07, 6.45) is 3.68. The molecule has 0 unspecified atom stereocenters. The summed E-state index contributed by atoms with van der Waals surface area (Å²) in [4.78, 5) is 31.2. The summed E-state index contributed by atoms with van der Waals surface area (Å²) in [7, 11) is 0. The molecule has 0 spiro atoms. The van der Waals surface area contributed by atoms with E-state index < -0.39 is 0 Å². The van der Waals surface area contributed by atoms with Crippen LogP contribution in [0.2, 0.25) is 0 Å². The second-order valence-corrected chi connectivity index (χ2v) is 5.35. The van der Waals surface area contributed by atoms with Crippen LogP contribution in [0.3, 0.4) is 0 Å². The van der Waals surface area contributed by atoms with Gasteiger partial charge in [-0.2, -0.15) is 0 Å². The van der Waals surface area contributed by atoms with Crippen molar-refractivity contribution >= 4 is 12.0 Å². The molecular weight excluding hydrogens is 296 g/mol. The van der Waals surface area contributed by atoms with E-state index >= 15 is 0 Å². The fraction of sp³-hybridized carbons (Fsp3) is 0.562. The fourth-order valence-corrected chi connectivity index (χ4v) is 2.44. The Morgan fingerprint density at radius 3 is 2.48 bits per heavy atom. The molecule has 1 aliphatic heterocycles. The van der Waals surface area contributed by atoms with Crippen molar-refractivity contribution in [1.29, 1.82) is 0 Å². The Hall–Kier alpha value is -2.15. The van der Waals surface area contributed by atoms with Crippen LogP contribution in [0.5, 0.6) is 0 Å². The lowest BCUT2D eigenvalue weighted by Crippen LogP contribution is -2.51. The molecule has 0 bridgehead atoms. The molecule has 1 aromatic rings. The average Bonchev–Trinajstić information content (AvgIpc) is 2.60. The number of hydrogen-bond acceptors (Lipinski definition) is 5. The lowest BCUT2D eigenvalue weighted by atomic mass is 10.2. The summed E-state index contributed by atoms with van der Waals surface area (Å²) in [6, 6.07) is 3.90. The number of piperazine rings is 1. The van der Waals surface area contributed by atoms with Crippen LogP contribution < -0.4 is 5.32 Å². The number of rotatable bonds is 6. The number of carbonyl (C=O) groups is 2. The van der Waals surface area contributed by atoms with Crippen molar-refractivity contribution in [2.45, 2.75) is 19.9 Å². The van der Waals surface area contributed by atoms with E-state index in [0.29, 0.717) is 45.8 Å². The first-order chi connectivity index (χ1) is 11.2. The maximum absolute atomic E-state index is 12.2. The molecule has 2 heterocycles. The van der Waals surface area contributed by atoms with Crippen LogP contribution in [0.25, 0.3) is 0 Å². The zero-order valence-electron chi connectivity index (χ0n) is 13.5. The Morgan fingerprint density at radius 2 is 1.83 bits per heavy atom. The van der Waals surface area contributed by atoms with Crippen molar-refractivity contribution in [2.75, 3.05) is 39.3 Å². The Morgan fingerprint density at radius 1 is 1.17 bits per heavy atom. The maximum Gasteiger partial charge on any atom is 0.409 e. The third-order valence-electron chi connectivity index (χ3n) is 3.75. The number of nitrogens with zero attached hydrogens (tertiary/aromatic N) is 3. The highest BCUT2D eigenvalue weighted by Gasteiger charge is 2.24. The number of ether oxygens (including phenoxy) is 1. The van der Waals surface area contributed by atoms with Crippen molar-refractivity contribution in [3.05, 3.63) is 30.1 Å². The molecule has 2 amide bonds. The van der Waals surface area contributed by atoms with E-state index in [0.717, 1.165) is 12.1 Å². The average molecular weight is 320 g/mol. The van der Waals surface area contributed by atoms with Crippen LogP contribution in [-0.2, 0) is 16.1 Å². The van der Waals surface area contributed by atoms with E-state index in [4.69, 9.17) is 4.74 Å². The molecule has 1 N–H and O–H groups in total. The van der Waals surface area contributed by atoms with Gasteiger partial charge < -0.3 is 19.9 Å². The maximum atomic E-state index is 12.2. The molecule has 0 radical (unpaired) electrons. The first-order valence-corrected chi connectivity index (χ1v) is 7.99. The normalized spacial score (nSPS) is 14.7. The van der Waals surface area contributed by atoms with Crippen LogP contribution in [0.1, 0.15) is 18.9 Å². The van der Waals surface area contributed by atoms with Crippen molar-refractivity contribution < 1.29 is 14.3 Å². The van der Waals surface area contributed by atoms with Gasteiger partial charge in [0, 0.05) is 58.1 Å². The Balaban J connectivity index is 1.62. The monoisotopic (exact) mass is 320 g/mol. The lowest BCUT2D eigenvalue weighted by Gasteiger charge is -2.34. The van der Waals surface area contributed by atoms with Gasteiger partial charge in [0.25, 0.3) is 0 Å². The summed E-state index contributed by atoms with van der Waals surface area (Å²) in [5, 5.41) is 3.26. The first-order valence-electron chi connectivity index (χ1n) is 7.99.